The van der Waals surface area contributed by atoms with Crippen LogP contribution in [-0.4, -0.2) is 18.5 Å². The van der Waals surface area contributed by atoms with E-state index in [1.165, 1.54) is 0 Å². The van der Waals surface area contributed by atoms with Gasteiger partial charge < -0.3 is 16.8 Å². The van der Waals surface area contributed by atoms with E-state index < -0.39 is 11.9 Å². The van der Waals surface area contributed by atoms with E-state index in [2.05, 4.69) is 5.32 Å². The lowest BCUT2D eigenvalue weighted by Crippen LogP contribution is -2.40. The molecule has 6 N–H and O–H groups in total. The van der Waals surface area contributed by atoms with Gasteiger partial charge in [-0.3, -0.25) is 10.1 Å². The smallest absolute Gasteiger partial charge is 0.318 e. The maximum absolute atomic E-state index is 11.1. The fraction of sp³-hybridized carbons (Fsp3) is 0.273. The van der Waals surface area contributed by atoms with Crippen LogP contribution in [0.3, 0.4) is 0 Å². The van der Waals surface area contributed by atoms with Crippen LogP contribution >= 0.6 is 0 Å². The molecule has 0 aromatic heterocycles. The van der Waals surface area contributed by atoms with E-state index in [9.17, 15) is 9.59 Å². The number of primary amides is 1. The Kier molecular flexibility index (Phi) is 5.12. The maximum Gasteiger partial charge on any atom is 0.318 e. The second-order valence-corrected chi connectivity index (χ2v) is 3.54. The molecule has 6 heteroatoms. The van der Waals surface area contributed by atoms with E-state index in [1.54, 1.807) is 0 Å². The Morgan fingerprint density at radius 3 is 2.24 bits per heavy atom. The molecule has 1 aromatic carbocycles. The highest BCUT2D eigenvalue weighted by molar-refractivity contribution is 5.94. The first-order valence-corrected chi connectivity index (χ1v) is 5.19. The predicted octanol–water partition coefficient (Wildman–Crippen LogP) is -0.570. The lowest BCUT2D eigenvalue weighted by Gasteiger charge is -2.05. The van der Waals surface area contributed by atoms with Crippen LogP contribution in [0.15, 0.2) is 24.3 Å². The highest BCUT2D eigenvalue weighted by Gasteiger charge is 2.02. The fourth-order valence-corrected chi connectivity index (χ4v) is 1.30. The largest absolute Gasteiger partial charge is 0.351 e. The van der Waals surface area contributed by atoms with Gasteiger partial charge in [-0.05, 0) is 11.1 Å². The molecule has 0 aliphatic heterocycles. The standard InChI is InChI=1S/C11H16N4O2/c12-5-8-1-3-9(4-2-8)6-14-7-10(16)15-11(13)17/h1-4,14H,5-7,12H2,(H3,13,15,16,17). The van der Waals surface area contributed by atoms with E-state index in [0.29, 0.717) is 13.1 Å². The Hall–Kier alpha value is -1.92. The van der Waals surface area contributed by atoms with Gasteiger partial charge in [0.15, 0.2) is 0 Å². The van der Waals surface area contributed by atoms with Crippen LogP contribution in [-0.2, 0) is 17.9 Å². The molecule has 3 amide bonds. The second kappa shape index (κ2) is 6.62. The van der Waals surface area contributed by atoms with Gasteiger partial charge in [-0.2, -0.15) is 0 Å². The van der Waals surface area contributed by atoms with Crippen LogP contribution in [0.5, 0.6) is 0 Å². The highest BCUT2D eigenvalue weighted by Crippen LogP contribution is 2.02. The molecule has 0 unspecified atom stereocenters. The molecule has 0 spiro atoms. The summed E-state index contributed by atoms with van der Waals surface area (Å²) in [5, 5.41) is 4.86. The molecule has 0 saturated heterocycles. The average Bonchev–Trinajstić information content (AvgIpc) is 2.29. The number of nitrogens with one attached hydrogen (secondary N) is 2. The van der Waals surface area contributed by atoms with Crippen molar-refractivity contribution in [3.8, 4) is 0 Å². The van der Waals surface area contributed by atoms with Gasteiger partial charge in [0.25, 0.3) is 0 Å². The summed E-state index contributed by atoms with van der Waals surface area (Å²) in [6.07, 6.45) is 0. The zero-order valence-corrected chi connectivity index (χ0v) is 9.40. The molecule has 6 nitrogen and oxygen atoms in total. The van der Waals surface area contributed by atoms with Crippen molar-refractivity contribution >= 4 is 11.9 Å². The molecule has 0 bridgehead atoms. The SMILES string of the molecule is NCc1ccc(CNCC(=O)NC(N)=O)cc1. The van der Waals surface area contributed by atoms with Gasteiger partial charge in [-0.15, -0.1) is 0 Å². The van der Waals surface area contributed by atoms with Crippen molar-refractivity contribution in [3.05, 3.63) is 35.4 Å². The van der Waals surface area contributed by atoms with Gasteiger partial charge in [0.2, 0.25) is 5.91 Å². The molecular weight excluding hydrogens is 220 g/mol. The van der Waals surface area contributed by atoms with Crippen LogP contribution < -0.4 is 22.1 Å². The van der Waals surface area contributed by atoms with Crippen LogP contribution in [0.2, 0.25) is 0 Å². The van der Waals surface area contributed by atoms with E-state index in [-0.39, 0.29) is 6.54 Å². The third-order valence-electron chi connectivity index (χ3n) is 2.14. The topological polar surface area (TPSA) is 110 Å². The van der Waals surface area contributed by atoms with Crippen molar-refractivity contribution in [2.24, 2.45) is 11.5 Å². The summed E-state index contributed by atoms with van der Waals surface area (Å²) in [7, 11) is 0. The highest BCUT2D eigenvalue weighted by atomic mass is 16.2. The number of hydrogen-bond acceptors (Lipinski definition) is 4. The van der Waals surface area contributed by atoms with Gasteiger partial charge in [0.05, 0.1) is 6.54 Å². The molecule has 1 rings (SSSR count). The minimum Gasteiger partial charge on any atom is -0.351 e. The lowest BCUT2D eigenvalue weighted by molar-refractivity contribution is -0.119. The van der Waals surface area contributed by atoms with Gasteiger partial charge in [-0.25, -0.2) is 4.79 Å². The zero-order valence-electron chi connectivity index (χ0n) is 9.40. The van der Waals surface area contributed by atoms with Gasteiger partial charge in [0.1, 0.15) is 0 Å². The molecule has 0 heterocycles. The van der Waals surface area contributed by atoms with E-state index >= 15 is 0 Å². The van der Waals surface area contributed by atoms with Crippen LogP contribution in [0.1, 0.15) is 11.1 Å². The van der Waals surface area contributed by atoms with Crippen LogP contribution in [0.4, 0.5) is 4.79 Å². The summed E-state index contributed by atoms with van der Waals surface area (Å²) < 4.78 is 0. The van der Waals surface area contributed by atoms with Gasteiger partial charge in [0, 0.05) is 13.1 Å². The number of amides is 3. The van der Waals surface area contributed by atoms with Crippen molar-refractivity contribution in [1.82, 2.24) is 10.6 Å². The maximum atomic E-state index is 11.1. The number of rotatable bonds is 5. The number of urea groups is 1. The van der Waals surface area contributed by atoms with Gasteiger partial charge >= 0.3 is 6.03 Å². The summed E-state index contributed by atoms with van der Waals surface area (Å²) in [6.45, 7) is 1.09. The second-order valence-electron chi connectivity index (χ2n) is 3.54. The first kappa shape index (κ1) is 13.1. The molecule has 92 valence electrons. The Morgan fingerprint density at radius 1 is 1.12 bits per heavy atom. The quantitative estimate of drug-likeness (QED) is 0.548. The number of imide groups is 1. The number of nitrogens with two attached hydrogens (primary N) is 2. The Morgan fingerprint density at radius 2 is 1.71 bits per heavy atom. The monoisotopic (exact) mass is 236 g/mol. The van der Waals surface area contributed by atoms with Crippen LogP contribution in [0.25, 0.3) is 0 Å². The Labute approximate surface area is 99.4 Å². The minimum atomic E-state index is -0.843. The number of benzene rings is 1. The molecule has 0 radical (unpaired) electrons. The zero-order chi connectivity index (χ0) is 12.7. The third-order valence-corrected chi connectivity index (χ3v) is 2.14. The molecule has 0 atom stereocenters. The molecular formula is C11H16N4O2. The lowest BCUT2D eigenvalue weighted by atomic mass is 10.1. The first-order chi connectivity index (χ1) is 8.11. The Balaban J connectivity index is 2.30. The summed E-state index contributed by atoms with van der Waals surface area (Å²) >= 11 is 0. The molecule has 1 aromatic rings. The normalized spacial score (nSPS) is 9.94. The number of hydrogen-bond donors (Lipinski definition) is 4. The summed E-state index contributed by atoms with van der Waals surface area (Å²) in [4.78, 5) is 21.4. The average molecular weight is 236 g/mol. The minimum absolute atomic E-state index is 0.0432. The molecule has 0 fully saturated rings. The van der Waals surface area contributed by atoms with Crippen LogP contribution in [0, 0.1) is 0 Å². The van der Waals surface area contributed by atoms with Crippen molar-refractivity contribution < 1.29 is 9.59 Å². The van der Waals surface area contributed by atoms with Crippen molar-refractivity contribution in [2.45, 2.75) is 13.1 Å². The fourth-order valence-electron chi connectivity index (χ4n) is 1.30. The first-order valence-electron chi connectivity index (χ1n) is 5.19. The third kappa shape index (κ3) is 5.10. The van der Waals surface area contributed by atoms with Crippen molar-refractivity contribution in [1.29, 1.82) is 0 Å². The summed E-state index contributed by atoms with van der Waals surface area (Å²) in [6, 6.07) is 6.88. The molecule has 0 aliphatic rings. The van der Waals surface area contributed by atoms with Gasteiger partial charge in [-0.1, -0.05) is 24.3 Å². The van der Waals surface area contributed by atoms with Crippen molar-refractivity contribution in [3.63, 3.8) is 0 Å². The summed E-state index contributed by atoms with van der Waals surface area (Å²) in [5.41, 5.74) is 12.4. The predicted molar refractivity (Wildman–Crippen MR) is 63.8 cm³/mol. The van der Waals surface area contributed by atoms with E-state index in [1.807, 2.05) is 29.6 Å². The Bertz CT molecular complexity index is 389. The molecule has 0 saturated carbocycles. The van der Waals surface area contributed by atoms with E-state index in [4.69, 9.17) is 11.5 Å². The molecule has 0 aliphatic carbocycles. The summed E-state index contributed by atoms with van der Waals surface area (Å²) in [5.74, 6) is -0.448. The molecule has 17 heavy (non-hydrogen) atoms. The van der Waals surface area contributed by atoms with E-state index in [0.717, 1.165) is 11.1 Å². The van der Waals surface area contributed by atoms with Crippen molar-refractivity contribution in [2.75, 3.05) is 6.54 Å². The number of carbonyl (C=O) groups excluding carboxylic acids is 2. The number of carbonyl (C=O) groups is 2.